The molecule has 0 radical (unpaired) electrons. The summed E-state index contributed by atoms with van der Waals surface area (Å²) in [5, 5.41) is 0.464. The molecule has 0 bridgehead atoms. The zero-order valence-corrected chi connectivity index (χ0v) is 18.2. The Labute approximate surface area is 188 Å². The van der Waals surface area contributed by atoms with E-state index < -0.39 is 0 Å². The van der Waals surface area contributed by atoms with Gasteiger partial charge in [-0.15, -0.1) is 0 Å². The van der Waals surface area contributed by atoms with Gasteiger partial charge in [-0.05, 0) is 36.8 Å². The second-order valence-electron chi connectivity index (χ2n) is 7.97. The molecule has 9 heteroatoms. The van der Waals surface area contributed by atoms with Crippen molar-refractivity contribution in [2.45, 2.75) is 20.0 Å². The van der Waals surface area contributed by atoms with E-state index in [2.05, 4.69) is 0 Å². The highest BCUT2D eigenvalue weighted by molar-refractivity contribution is 6.04. The number of rotatable bonds is 5. The van der Waals surface area contributed by atoms with E-state index >= 15 is 0 Å². The van der Waals surface area contributed by atoms with Crippen LogP contribution in [-0.2, 0) is 17.8 Å². The number of aromatic nitrogens is 5. The van der Waals surface area contributed by atoms with Crippen molar-refractivity contribution in [1.82, 2.24) is 24.1 Å². The number of fused-ring (bicyclic) bond motifs is 5. The topological polar surface area (TPSA) is 93.3 Å². The largest absolute Gasteiger partial charge is 0.454 e. The fourth-order valence-electron chi connectivity index (χ4n) is 4.31. The molecule has 9 nitrogen and oxygen atoms in total. The molecule has 1 aliphatic heterocycles. The van der Waals surface area contributed by atoms with Gasteiger partial charge >= 0.3 is 0 Å². The molecule has 6 rings (SSSR count). The first-order valence-electron chi connectivity index (χ1n) is 10.7. The average Bonchev–Trinajstić information content (AvgIpc) is 3.40. The second-order valence-corrected chi connectivity index (χ2v) is 7.97. The van der Waals surface area contributed by atoms with Gasteiger partial charge in [-0.1, -0.05) is 18.2 Å². The summed E-state index contributed by atoms with van der Waals surface area (Å²) in [4.78, 5) is 28.1. The molecule has 0 aliphatic carbocycles. The SMILES string of the molecule is COCCn1c(C)nc2c(c1=O)c1nc3ccccc3nc1n2Cc1ccc2c(c1)OCO2. The van der Waals surface area contributed by atoms with Gasteiger partial charge in [0.1, 0.15) is 16.7 Å². The van der Waals surface area contributed by atoms with Crippen LogP contribution >= 0.6 is 0 Å². The highest BCUT2D eigenvalue weighted by atomic mass is 16.7. The van der Waals surface area contributed by atoms with Crippen molar-refractivity contribution in [3.8, 4) is 11.5 Å². The first-order valence-corrected chi connectivity index (χ1v) is 10.7. The van der Waals surface area contributed by atoms with Gasteiger partial charge in [-0.3, -0.25) is 9.36 Å². The standard InChI is InChI=1S/C24H21N5O4/c1-14-25-22-20(24(30)28(14)9-10-31-2)21-23(27-17-6-4-3-5-16(17)26-21)29(22)12-15-7-8-18-19(11-15)33-13-32-18/h3-8,11H,9-10,12-13H2,1-2H3. The monoisotopic (exact) mass is 443 g/mol. The summed E-state index contributed by atoms with van der Waals surface area (Å²) in [6.45, 7) is 3.33. The number of hydrogen-bond donors (Lipinski definition) is 0. The summed E-state index contributed by atoms with van der Waals surface area (Å²) >= 11 is 0. The molecular formula is C24H21N5O4. The van der Waals surface area contributed by atoms with E-state index in [9.17, 15) is 4.79 Å². The number of para-hydroxylation sites is 2. The van der Waals surface area contributed by atoms with Crippen LogP contribution in [0.15, 0.2) is 47.3 Å². The summed E-state index contributed by atoms with van der Waals surface area (Å²) in [5.41, 5.74) is 4.06. The maximum Gasteiger partial charge on any atom is 0.265 e. The Hall–Kier alpha value is -3.98. The number of ether oxygens (including phenoxy) is 3. The number of nitrogens with zero attached hydrogens (tertiary/aromatic N) is 5. The van der Waals surface area contributed by atoms with E-state index in [1.54, 1.807) is 11.7 Å². The lowest BCUT2D eigenvalue weighted by Gasteiger charge is -2.11. The lowest BCUT2D eigenvalue weighted by molar-refractivity contribution is 0.174. The minimum Gasteiger partial charge on any atom is -0.454 e. The van der Waals surface area contributed by atoms with Crippen molar-refractivity contribution in [1.29, 1.82) is 0 Å². The van der Waals surface area contributed by atoms with Crippen LogP contribution in [0, 0.1) is 6.92 Å². The third kappa shape index (κ3) is 3.12. The number of hydrogen-bond acceptors (Lipinski definition) is 7. The van der Waals surface area contributed by atoms with Gasteiger partial charge in [-0.25, -0.2) is 15.0 Å². The van der Waals surface area contributed by atoms with Crippen LogP contribution in [0.5, 0.6) is 11.5 Å². The predicted molar refractivity (Wildman–Crippen MR) is 123 cm³/mol. The maximum absolute atomic E-state index is 13.6. The van der Waals surface area contributed by atoms with E-state index in [1.807, 2.05) is 54.0 Å². The van der Waals surface area contributed by atoms with E-state index in [0.717, 1.165) is 22.3 Å². The van der Waals surface area contributed by atoms with Crippen LogP contribution in [0.25, 0.3) is 33.2 Å². The van der Waals surface area contributed by atoms with Crippen LogP contribution < -0.4 is 15.0 Å². The highest BCUT2D eigenvalue weighted by Gasteiger charge is 2.22. The van der Waals surface area contributed by atoms with Gasteiger partial charge in [0.15, 0.2) is 22.8 Å². The van der Waals surface area contributed by atoms with Crippen LogP contribution in [0.1, 0.15) is 11.4 Å². The van der Waals surface area contributed by atoms with Gasteiger partial charge in [0.2, 0.25) is 6.79 Å². The van der Waals surface area contributed by atoms with Crippen molar-refractivity contribution in [2.75, 3.05) is 20.5 Å². The fourth-order valence-corrected chi connectivity index (χ4v) is 4.31. The van der Waals surface area contributed by atoms with Crippen LogP contribution in [0.4, 0.5) is 0 Å². The average molecular weight is 443 g/mol. The Bertz CT molecular complexity index is 1600. The zero-order valence-electron chi connectivity index (χ0n) is 18.2. The van der Waals surface area contributed by atoms with E-state index in [0.29, 0.717) is 53.5 Å². The van der Waals surface area contributed by atoms with Gasteiger partial charge in [0, 0.05) is 7.11 Å². The van der Waals surface area contributed by atoms with Crippen LogP contribution in [0.2, 0.25) is 0 Å². The van der Waals surface area contributed by atoms with Crippen molar-refractivity contribution in [3.05, 3.63) is 64.2 Å². The smallest absolute Gasteiger partial charge is 0.265 e. The minimum absolute atomic E-state index is 0.145. The summed E-state index contributed by atoms with van der Waals surface area (Å²) < 4.78 is 19.8. The summed E-state index contributed by atoms with van der Waals surface area (Å²) in [5.74, 6) is 2.04. The number of benzene rings is 2. The van der Waals surface area contributed by atoms with Crippen LogP contribution in [0.3, 0.4) is 0 Å². The summed E-state index contributed by atoms with van der Waals surface area (Å²) in [7, 11) is 1.61. The fraction of sp³-hybridized carbons (Fsp3) is 0.250. The number of methoxy groups -OCH3 is 1. The Morgan fingerprint density at radius 2 is 1.76 bits per heavy atom. The minimum atomic E-state index is -0.145. The molecule has 5 aromatic rings. The lowest BCUT2D eigenvalue weighted by atomic mass is 10.2. The maximum atomic E-state index is 13.6. The molecule has 0 unspecified atom stereocenters. The van der Waals surface area contributed by atoms with Gasteiger partial charge < -0.3 is 18.8 Å². The van der Waals surface area contributed by atoms with E-state index in [-0.39, 0.29) is 12.4 Å². The molecule has 2 aromatic carbocycles. The Balaban J connectivity index is 1.63. The Morgan fingerprint density at radius 1 is 0.970 bits per heavy atom. The molecule has 0 amide bonds. The molecule has 166 valence electrons. The summed E-state index contributed by atoms with van der Waals surface area (Å²) in [6.07, 6.45) is 0. The van der Waals surface area contributed by atoms with Gasteiger partial charge in [-0.2, -0.15) is 0 Å². The molecule has 0 saturated carbocycles. The van der Waals surface area contributed by atoms with Crippen LogP contribution in [-0.4, -0.2) is 44.6 Å². The van der Waals surface area contributed by atoms with E-state index in [4.69, 9.17) is 29.2 Å². The van der Waals surface area contributed by atoms with E-state index in [1.165, 1.54) is 0 Å². The molecule has 0 saturated heterocycles. The second kappa shape index (κ2) is 7.56. The molecule has 0 fully saturated rings. The Kier molecular flexibility index (Phi) is 4.51. The molecule has 33 heavy (non-hydrogen) atoms. The lowest BCUT2D eigenvalue weighted by Crippen LogP contribution is -2.26. The third-order valence-corrected chi connectivity index (χ3v) is 5.94. The van der Waals surface area contributed by atoms with Crippen molar-refractivity contribution in [3.63, 3.8) is 0 Å². The molecule has 0 N–H and O–H groups in total. The molecule has 0 spiro atoms. The van der Waals surface area contributed by atoms with Crippen molar-refractivity contribution >= 4 is 33.2 Å². The van der Waals surface area contributed by atoms with Crippen molar-refractivity contribution < 1.29 is 14.2 Å². The van der Waals surface area contributed by atoms with Gasteiger partial charge in [0.25, 0.3) is 5.56 Å². The normalized spacial score (nSPS) is 12.9. The quantitative estimate of drug-likeness (QED) is 0.412. The van der Waals surface area contributed by atoms with Crippen molar-refractivity contribution in [2.24, 2.45) is 0 Å². The molecule has 3 aromatic heterocycles. The molecule has 1 aliphatic rings. The Morgan fingerprint density at radius 3 is 2.58 bits per heavy atom. The number of aryl methyl sites for hydroxylation is 1. The summed E-state index contributed by atoms with van der Waals surface area (Å²) in [6, 6.07) is 13.5. The molecular weight excluding hydrogens is 422 g/mol. The third-order valence-electron chi connectivity index (χ3n) is 5.94. The molecule has 0 atom stereocenters. The van der Waals surface area contributed by atoms with Gasteiger partial charge in [0.05, 0.1) is 30.7 Å². The highest BCUT2D eigenvalue weighted by Crippen LogP contribution is 2.33. The first kappa shape index (κ1) is 19.7. The molecule has 4 heterocycles. The zero-order chi connectivity index (χ0) is 22.5. The first-order chi connectivity index (χ1) is 16.1. The predicted octanol–water partition coefficient (Wildman–Crippen LogP) is 3.03.